The normalized spacial score (nSPS) is 22.1. The van der Waals surface area contributed by atoms with Crippen LogP contribution in [-0.2, 0) is 4.74 Å². The number of halogens is 3. The highest BCUT2D eigenvalue weighted by Gasteiger charge is 2.29. The van der Waals surface area contributed by atoms with Crippen LogP contribution >= 0.6 is 15.9 Å². The van der Waals surface area contributed by atoms with Crippen molar-refractivity contribution < 1.29 is 13.5 Å². The van der Waals surface area contributed by atoms with Crippen LogP contribution in [0.3, 0.4) is 0 Å². The first-order chi connectivity index (χ1) is 10.1. The highest BCUT2D eigenvalue weighted by Crippen LogP contribution is 2.27. The summed E-state index contributed by atoms with van der Waals surface area (Å²) in [6.07, 6.45) is 1.76. The first-order valence-corrected chi connectivity index (χ1v) is 7.39. The molecule has 0 bridgehead atoms. The second-order valence-corrected chi connectivity index (χ2v) is 5.82. The Hall–Kier alpha value is -1.31. The van der Waals surface area contributed by atoms with Crippen LogP contribution in [0.15, 0.2) is 34.9 Å². The van der Waals surface area contributed by atoms with Crippen molar-refractivity contribution in [3.05, 3.63) is 40.8 Å². The van der Waals surface area contributed by atoms with Gasteiger partial charge in [-0.3, -0.25) is 0 Å². The lowest BCUT2D eigenvalue weighted by Gasteiger charge is -2.09. The second kappa shape index (κ2) is 6.21. The maximum Gasteiger partial charge on any atom is 0.345 e. The van der Waals surface area contributed by atoms with Gasteiger partial charge in [0.1, 0.15) is 5.82 Å². The number of rotatable bonds is 4. The Balaban J connectivity index is 1.69. The van der Waals surface area contributed by atoms with Crippen molar-refractivity contribution in [1.29, 1.82) is 0 Å². The van der Waals surface area contributed by atoms with Gasteiger partial charge in [-0.1, -0.05) is 28.1 Å². The molecule has 0 aliphatic carbocycles. The van der Waals surface area contributed by atoms with Crippen LogP contribution in [-0.4, -0.2) is 29.2 Å². The molecule has 0 radical (unpaired) electrons. The Morgan fingerprint density at radius 1 is 1.29 bits per heavy atom. The van der Waals surface area contributed by atoms with Crippen molar-refractivity contribution in [2.24, 2.45) is 0 Å². The zero-order valence-corrected chi connectivity index (χ0v) is 12.6. The quantitative estimate of drug-likeness (QED) is 0.880. The van der Waals surface area contributed by atoms with Gasteiger partial charge >= 0.3 is 6.61 Å². The fourth-order valence-electron chi connectivity index (χ4n) is 2.45. The lowest BCUT2D eigenvalue weighted by atomic mass is 10.2. The van der Waals surface area contributed by atoms with Crippen molar-refractivity contribution in [2.45, 2.75) is 25.2 Å². The number of benzene rings is 1. The molecule has 0 saturated carbocycles. The zero-order valence-electron chi connectivity index (χ0n) is 11.0. The van der Waals surface area contributed by atoms with E-state index in [1.807, 2.05) is 24.3 Å². The monoisotopic (exact) mass is 357 g/mol. The predicted octanol–water partition coefficient (Wildman–Crippen LogP) is 3.48. The van der Waals surface area contributed by atoms with Crippen LogP contribution in [0.2, 0.25) is 0 Å². The maximum absolute atomic E-state index is 12.2. The molecule has 1 aromatic carbocycles. The minimum Gasteiger partial charge on any atom is -0.341 e. The summed E-state index contributed by atoms with van der Waals surface area (Å²) in [5.41, 5.74) is 1.92. The van der Waals surface area contributed by atoms with Crippen LogP contribution < -0.4 is 5.32 Å². The Morgan fingerprint density at radius 2 is 2.05 bits per heavy atom. The van der Waals surface area contributed by atoms with E-state index in [9.17, 15) is 8.78 Å². The number of nitrogens with zero attached hydrogens (tertiary/aromatic N) is 1. The molecule has 1 fully saturated rings. The maximum atomic E-state index is 12.2. The summed E-state index contributed by atoms with van der Waals surface area (Å²) >= 11 is 3.39. The van der Waals surface area contributed by atoms with E-state index in [4.69, 9.17) is 0 Å². The van der Waals surface area contributed by atoms with Gasteiger partial charge in [0.05, 0.1) is 24.0 Å². The smallest absolute Gasteiger partial charge is 0.341 e. The van der Waals surface area contributed by atoms with Crippen molar-refractivity contribution in [2.75, 3.05) is 6.54 Å². The minimum absolute atomic E-state index is 0.0852. The Bertz CT molecular complexity index is 603. The number of aromatic nitrogens is 2. The molecular weight excluding hydrogens is 344 g/mol. The molecule has 1 aliphatic rings. The summed E-state index contributed by atoms with van der Waals surface area (Å²) in [6.45, 7) is -2.32. The molecular formula is C14H14BrF2N3O. The molecule has 2 heterocycles. The predicted molar refractivity (Wildman–Crippen MR) is 78.0 cm³/mol. The third-order valence-electron chi connectivity index (χ3n) is 3.47. The molecule has 2 N–H and O–H groups in total. The molecule has 0 amide bonds. The number of ether oxygens (including phenoxy) is 1. The SMILES string of the molecule is FC(F)OC1CNC(c2ncc(-c3ccc(Br)cc3)[nH]2)C1. The first-order valence-electron chi connectivity index (χ1n) is 6.59. The van der Waals surface area contributed by atoms with Crippen molar-refractivity contribution >= 4 is 15.9 Å². The topological polar surface area (TPSA) is 49.9 Å². The number of imidazole rings is 1. The number of H-pyrrole nitrogens is 1. The molecule has 1 aliphatic heterocycles. The molecule has 112 valence electrons. The summed E-state index contributed by atoms with van der Waals surface area (Å²) in [6, 6.07) is 7.78. The summed E-state index contributed by atoms with van der Waals surface area (Å²) in [5, 5.41) is 3.14. The summed E-state index contributed by atoms with van der Waals surface area (Å²) < 4.78 is 29.9. The van der Waals surface area contributed by atoms with E-state index < -0.39 is 12.7 Å². The van der Waals surface area contributed by atoms with Gasteiger partial charge in [0.2, 0.25) is 0 Å². The molecule has 2 unspecified atom stereocenters. The number of nitrogens with one attached hydrogen (secondary N) is 2. The molecule has 1 saturated heterocycles. The minimum atomic E-state index is -2.73. The van der Waals surface area contributed by atoms with Gasteiger partial charge in [-0.05, 0) is 24.1 Å². The zero-order chi connectivity index (χ0) is 14.8. The van der Waals surface area contributed by atoms with Crippen molar-refractivity contribution in [3.8, 4) is 11.3 Å². The average Bonchev–Trinajstić information content (AvgIpc) is 3.07. The first kappa shape index (κ1) is 14.6. The summed E-state index contributed by atoms with van der Waals surface area (Å²) in [7, 11) is 0. The van der Waals surface area contributed by atoms with Gasteiger partial charge in [-0.2, -0.15) is 8.78 Å². The van der Waals surface area contributed by atoms with E-state index >= 15 is 0 Å². The van der Waals surface area contributed by atoms with Gasteiger partial charge in [0.25, 0.3) is 0 Å². The van der Waals surface area contributed by atoms with Crippen LogP contribution in [0, 0.1) is 0 Å². The number of hydrogen-bond donors (Lipinski definition) is 2. The van der Waals surface area contributed by atoms with Crippen molar-refractivity contribution in [1.82, 2.24) is 15.3 Å². The highest BCUT2D eigenvalue weighted by atomic mass is 79.9. The van der Waals surface area contributed by atoms with Crippen LogP contribution in [0.1, 0.15) is 18.3 Å². The summed E-state index contributed by atoms with van der Waals surface area (Å²) in [5.74, 6) is 0.744. The van der Waals surface area contributed by atoms with E-state index in [-0.39, 0.29) is 6.04 Å². The van der Waals surface area contributed by atoms with Crippen LogP contribution in [0.4, 0.5) is 8.78 Å². The molecule has 21 heavy (non-hydrogen) atoms. The number of hydrogen-bond acceptors (Lipinski definition) is 3. The third kappa shape index (κ3) is 3.48. The Kier molecular flexibility index (Phi) is 4.32. The molecule has 2 aromatic rings. The molecule has 4 nitrogen and oxygen atoms in total. The Labute approximate surface area is 129 Å². The van der Waals surface area contributed by atoms with Gasteiger partial charge in [-0.25, -0.2) is 4.98 Å². The largest absolute Gasteiger partial charge is 0.345 e. The van der Waals surface area contributed by atoms with E-state index in [1.54, 1.807) is 6.20 Å². The Morgan fingerprint density at radius 3 is 2.76 bits per heavy atom. The molecule has 3 rings (SSSR count). The summed E-state index contributed by atoms with van der Waals surface area (Å²) in [4.78, 5) is 7.57. The average molecular weight is 358 g/mol. The van der Waals surface area contributed by atoms with Gasteiger partial charge in [0, 0.05) is 11.0 Å². The second-order valence-electron chi connectivity index (χ2n) is 4.90. The molecule has 1 aromatic heterocycles. The van der Waals surface area contributed by atoms with Gasteiger partial charge in [0.15, 0.2) is 0 Å². The van der Waals surface area contributed by atoms with E-state index in [0.29, 0.717) is 13.0 Å². The van der Waals surface area contributed by atoms with E-state index in [0.717, 1.165) is 21.6 Å². The van der Waals surface area contributed by atoms with Crippen LogP contribution in [0.5, 0.6) is 0 Å². The standard InChI is InChI=1S/C14H14BrF2N3O/c15-9-3-1-8(2-4-9)12-7-19-13(20-12)11-5-10(6-18-11)21-14(16)17/h1-4,7,10-11,14,18H,5-6H2,(H,19,20). The molecule has 2 atom stereocenters. The third-order valence-corrected chi connectivity index (χ3v) is 4.00. The highest BCUT2D eigenvalue weighted by molar-refractivity contribution is 9.10. The van der Waals surface area contributed by atoms with Crippen LogP contribution in [0.25, 0.3) is 11.3 Å². The molecule has 7 heteroatoms. The fraction of sp³-hybridized carbons (Fsp3) is 0.357. The van der Waals surface area contributed by atoms with Crippen molar-refractivity contribution in [3.63, 3.8) is 0 Å². The lowest BCUT2D eigenvalue weighted by Crippen LogP contribution is -2.19. The van der Waals surface area contributed by atoms with Gasteiger partial charge < -0.3 is 15.0 Å². The van der Waals surface area contributed by atoms with E-state index in [2.05, 4.69) is 36.0 Å². The number of aromatic amines is 1. The van der Waals surface area contributed by atoms with Gasteiger partial charge in [-0.15, -0.1) is 0 Å². The van der Waals surface area contributed by atoms with E-state index in [1.165, 1.54) is 0 Å². The lowest BCUT2D eigenvalue weighted by molar-refractivity contribution is -0.157. The molecule has 0 spiro atoms. The number of alkyl halides is 2. The fourth-order valence-corrected chi connectivity index (χ4v) is 2.71.